The van der Waals surface area contributed by atoms with Gasteiger partial charge in [0.15, 0.2) is 11.5 Å². The minimum absolute atomic E-state index is 0.165. The van der Waals surface area contributed by atoms with Gasteiger partial charge in [-0.15, -0.1) is 5.10 Å². The normalized spacial score (nSPS) is 10.7. The summed E-state index contributed by atoms with van der Waals surface area (Å²) in [6.45, 7) is 1.71. The van der Waals surface area contributed by atoms with Crippen molar-refractivity contribution in [1.82, 2.24) is 25.0 Å². The predicted molar refractivity (Wildman–Crippen MR) is 85.8 cm³/mol. The van der Waals surface area contributed by atoms with Gasteiger partial charge in [-0.05, 0) is 31.2 Å². The number of hydrogen-bond acceptors (Lipinski definition) is 5. The summed E-state index contributed by atoms with van der Waals surface area (Å²) in [5.41, 5.74) is 1.30. The lowest BCUT2D eigenvalue weighted by Crippen LogP contribution is -2.28. The zero-order chi connectivity index (χ0) is 17.3. The molecule has 3 aromatic rings. The monoisotopic (exact) mass is 346 g/mol. The van der Waals surface area contributed by atoms with E-state index in [2.05, 4.69) is 20.3 Å². The summed E-state index contributed by atoms with van der Waals surface area (Å²) in [6, 6.07) is 5.74. The van der Waals surface area contributed by atoms with Crippen LogP contribution in [-0.4, -0.2) is 37.9 Å². The number of halogens is 2. The van der Waals surface area contributed by atoms with Crippen molar-refractivity contribution in [2.45, 2.75) is 6.92 Å². The Balaban J connectivity index is 1.91. The highest BCUT2D eigenvalue weighted by Crippen LogP contribution is 2.17. The molecule has 0 aliphatic heterocycles. The Labute approximate surface area is 141 Å². The number of rotatable bonds is 3. The molecule has 2 heterocycles. The molecule has 9 heteroatoms. The van der Waals surface area contributed by atoms with Gasteiger partial charge in [0.05, 0.1) is 23.8 Å². The largest absolute Gasteiger partial charge is 0.293 e. The Hall–Kier alpha value is -2.87. The summed E-state index contributed by atoms with van der Waals surface area (Å²) < 4.78 is 14.5. The van der Waals surface area contributed by atoms with E-state index in [1.54, 1.807) is 26.1 Å². The number of carbonyl (C=O) groups excluding carboxylic acids is 1. The summed E-state index contributed by atoms with van der Waals surface area (Å²) in [5.74, 6) is -0.411. The number of anilines is 1. The molecule has 0 aliphatic carbocycles. The minimum Gasteiger partial charge on any atom is -0.293 e. The number of carbonyl (C=O) groups is 1. The second-order valence-corrected chi connectivity index (χ2v) is 5.36. The molecule has 24 heavy (non-hydrogen) atoms. The molecule has 0 unspecified atom stereocenters. The molecule has 2 aromatic heterocycles. The summed E-state index contributed by atoms with van der Waals surface area (Å²) in [7, 11) is 1.55. The van der Waals surface area contributed by atoms with Gasteiger partial charge in [0.1, 0.15) is 11.0 Å². The van der Waals surface area contributed by atoms with Gasteiger partial charge in [0.25, 0.3) is 5.91 Å². The van der Waals surface area contributed by atoms with Crippen LogP contribution < -0.4 is 4.90 Å². The van der Waals surface area contributed by atoms with E-state index in [0.29, 0.717) is 17.2 Å². The lowest BCUT2D eigenvalue weighted by molar-refractivity contribution is 0.0987. The molecule has 0 saturated heterocycles. The van der Waals surface area contributed by atoms with E-state index in [0.717, 1.165) is 0 Å². The molecule has 7 nitrogen and oxygen atoms in total. The van der Waals surface area contributed by atoms with Crippen LogP contribution in [0.5, 0.6) is 0 Å². The van der Waals surface area contributed by atoms with E-state index in [-0.39, 0.29) is 16.7 Å². The molecule has 0 aliphatic rings. The molecule has 0 radical (unpaired) electrons. The third-order valence-electron chi connectivity index (χ3n) is 3.42. The molecule has 0 saturated carbocycles. The van der Waals surface area contributed by atoms with Gasteiger partial charge in [-0.3, -0.25) is 9.69 Å². The van der Waals surface area contributed by atoms with Crippen LogP contribution in [0.2, 0.25) is 5.15 Å². The number of nitrogens with zero attached hydrogens (tertiary/aromatic N) is 6. The third kappa shape index (κ3) is 2.95. The quantitative estimate of drug-likeness (QED) is 0.728. The molecule has 0 spiro atoms. The Kier molecular flexibility index (Phi) is 4.22. The van der Waals surface area contributed by atoms with Gasteiger partial charge in [-0.1, -0.05) is 16.8 Å². The number of hydrogen-bond donors (Lipinski definition) is 0. The first-order valence-corrected chi connectivity index (χ1v) is 7.29. The van der Waals surface area contributed by atoms with Crippen LogP contribution in [-0.2, 0) is 0 Å². The van der Waals surface area contributed by atoms with Gasteiger partial charge in [-0.2, -0.15) is 0 Å². The van der Waals surface area contributed by atoms with Crippen LogP contribution in [0.4, 0.5) is 10.2 Å². The van der Waals surface area contributed by atoms with Crippen molar-refractivity contribution in [1.29, 1.82) is 0 Å². The van der Waals surface area contributed by atoms with Crippen molar-refractivity contribution in [2.75, 3.05) is 11.9 Å². The van der Waals surface area contributed by atoms with Crippen LogP contribution in [0, 0.1) is 12.7 Å². The molecule has 122 valence electrons. The Morgan fingerprint density at radius 3 is 2.54 bits per heavy atom. The molecular weight excluding hydrogens is 335 g/mol. The van der Waals surface area contributed by atoms with Crippen molar-refractivity contribution >= 4 is 23.3 Å². The van der Waals surface area contributed by atoms with Crippen LogP contribution in [0.3, 0.4) is 0 Å². The van der Waals surface area contributed by atoms with Crippen molar-refractivity contribution < 1.29 is 9.18 Å². The SMILES string of the molecule is Cc1c(C(=O)N(C)c2cnc(Cl)cn2)nnn1-c1ccc(F)cc1. The van der Waals surface area contributed by atoms with Crippen LogP contribution in [0.15, 0.2) is 36.7 Å². The first-order chi connectivity index (χ1) is 11.5. The molecule has 0 N–H and O–H groups in total. The van der Waals surface area contributed by atoms with Gasteiger partial charge in [0, 0.05) is 7.05 Å². The smallest absolute Gasteiger partial charge is 0.281 e. The van der Waals surface area contributed by atoms with E-state index in [4.69, 9.17) is 11.6 Å². The minimum atomic E-state index is -0.391. The van der Waals surface area contributed by atoms with Crippen LogP contribution >= 0.6 is 11.6 Å². The van der Waals surface area contributed by atoms with E-state index in [1.807, 2.05) is 0 Å². The Bertz CT molecular complexity index is 878. The number of aromatic nitrogens is 5. The molecule has 1 aromatic carbocycles. The van der Waals surface area contributed by atoms with E-state index in [9.17, 15) is 9.18 Å². The van der Waals surface area contributed by atoms with E-state index < -0.39 is 5.91 Å². The highest BCUT2D eigenvalue weighted by molar-refractivity contribution is 6.29. The number of benzene rings is 1. The topological polar surface area (TPSA) is 76.8 Å². The van der Waals surface area contributed by atoms with Gasteiger partial charge >= 0.3 is 0 Å². The highest BCUT2D eigenvalue weighted by atomic mass is 35.5. The number of amides is 1. The average Bonchev–Trinajstić information content (AvgIpc) is 2.96. The first kappa shape index (κ1) is 16.0. The molecule has 1 amide bonds. The Morgan fingerprint density at radius 1 is 1.21 bits per heavy atom. The average molecular weight is 347 g/mol. The fraction of sp³-hybridized carbons (Fsp3) is 0.133. The maximum absolute atomic E-state index is 13.0. The molecule has 3 rings (SSSR count). The van der Waals surface area contributed by atoms with Crippen LogP contribution in [0.25, 0.3) is 5.69 Å². The molecular formula is C15H12ClFN6O. The zero-order valence-electron chi connectivity index (χ0n) is 12.8. The van der Waals surface area contributed by atoms with Crippen molar-refractivity contribution in [3.05, 3.63) is 59.0 Å². The van der Waals surface area contributed by atoms with Crippen molar-refractivity contribution in [3.8, 4) is 5.69 Å². The summed E-state index contributed by atoms with van der Waals surface area (Å²) in [5, 5.41) is 8.13. The van der Waals surface area contributed by atoms with E-state index in [1.165, 1.54) is 34.1 Å². The maximum Gasteiger partial charge on any atom is 0.281 e. The second kappa shape index (κ2) is 6.32. The highest BCUT2D eigenvalue weighted by Gasteiger charge is 2.22. The maximum atomic E-state index is 13.0. The van der Waals surface area contributed by atoms with Crippen LogP contribution in [0.1, 0.15) is 16.2 Å². The summed E-state index contributed by atoms with van der Waals surface area (Å²) in [6.07, 6.45) is 2.74. The molecule has 0 fully saturated rings. The van der Waals surface area contributed by atoms with E-state index >= 15 is 0 Å². The summed E-state index contributed by atoms with van der Waals surface area (Å²) in [4.78, 5) is 21.8. The lowest BCUT2D eigenvalue weighted by Gasteiger charge is -2.14. The van der Waals surface area contributed by atoms with Crippen molar-refractivity contribution in [3.63, 3.8) is 0 Å². The predicted octanol–water partition coefficient (Wildman–Crippen LogP) is 2.43. The molecule has 0 atom stereocenters. The zero-order valence-corrected chi connectivity index (χ0v) is 13.6. The van der Waals surface area contributed by atoms with Gasteiger partial charge < -0.3 is 0 Å². The fourth-order valence-corrected chi connectivity index (χ4v) is 2.19. The second-order valence-electron chi connectivity index (χ2n) is 4.97. The lowest BCUT2D eigenvalue weighted by atomic mass is 10.2. The molecule has 0 bridgehead atoms. The third-order valence-corrected chi connectivity index (χ3v) is 3.62. The summed E-state index contributed by atoms with van der Waals surface area (Å²) >= 11 is 5.69. The van der Waals surface area contributed by atoms with Crippen molar-refractivity contribution in [2.24, 2.45) is 0 Å². The first-order valence-electron chi connectivity index (χ1n) is 6.91. The fourth-order valence-electron chi connectivity index (χ4n) is 2.10. The van der Waals surface area contributed by atoms with Gasteiger partial charge in [-0.25, -0.2) is 19.0 Å². The Morgan fingerprint density at radius 2 is 1.92 bits per heavy atom. The standard InChI is InChI=1S/C15H12ClFN6O/c1-9-14(15(24)22(2)13-8-18-12(16)7-19-13)20-21-23(9)11-5-3-10(17)4-6-11/h3-8H,1-2H3. The van der Waals surface area contributed by atoms with Gasteiger partial charge in [0.2, 0.25) is 0 Å².